The van der Waals surface area contributed by atoms with Crippen molar-refractivity contribution in [3.8, 4) is 0 Å². The van der Waals surface area contributed by atoms with Crippen LogP contribution in [0.5, 0.6) is 0 Å². The molecule has 2 aromatic rings. The second-order valence-corrected chi connectivity index (χ2v) is 4.50. The fourth-order valence-electron chi connectivity index (χ4n) is 2.35. The lowest BCUT2D eigenvalue weighted by Gasteiger charge is -2.11. The predicted octanol–water partition coefficient (Wildman–Crippen LogP) is -0.118. The monoisotopic (exact) mass is 233 g/mol. The van der Waals surface area contributed by atoms with E-state index in [0.717, 1.165) is 13.0 Å². The number of hydrogen-bond donors (Lipinski definition) is 1. The van der Waals surface area contributed by atoms with Crippen molar-refractivity contribution in [2.24, 2.45) is 7.05 Å². The molecule has 3 heterocycles. The van der Waals surface area contributed by atoms with Crippen LogP contribution < -0.4 is 10.9 Å². The Hall–Kier alpha value is -1.69. The van der Waals surface area contributed by atoms with E-state index in [1.54, 1.807) is 28.8 Å². The van der Waals surface area contributed by atoms with E-state index in [1.807, 2.05) is 0 Å². The molecular weight excluding hydrogens is 218 g/mol. The molecule has 0 unspecified atom stereocenters. The van der Waals surface area contributed by atoms with Crippen molar-refractivity contribution in [2.75, 3.05) is 6.54 Å². The van der Waals surface area contributed by atoms with Crippen LogP contribution >= 0.6 is 0 Å². The van der Waals surface area contributed by atoms with Gasteiger partial charge in [0.25, 0.3) is 5.56 Å². The second-order valence-electron chi connectivity index (χ2n) is 4.50. The summed E-state index contributed by atoms with van der Waals surface area (Å²) in [4.78, 5) is 16.5. The van der Waals surface area contributed by atoms with Crippen LogP contribution in [0.3, 0.4) is 0 Å². The van der Waals surface area contributed by atoms with Crippen molar-refractivity contribution < 1.29 is 0 Å². The molecule has 1 atom stereocenters. The highest BCUT2D eigenvalue weighted by atomic mass is 16.1. The molecule has 0 saturated carbocycles. The summed E-state index contributed by atoms with van der Waals surface area (Å²) in [6, 6.07) is 0.392. The van der Waals surface area contributed by atoms with Crippen LogP contribution in [0.1, 0.15) is 12.8 Å². The average Bonchev–Trinajstić information content (AvgIpc) is 2.93. The maximum Gasteiger partial charge on any atom is 0.264 e. The normalized spacial score (nSPS) is 20.2. The molecule has 0 aromatic carbocycles. The Bertz CT molecular complexity index is 593. The van der Waals surface area contributed by atoms with Crippen molar-refractivity contribution in [1.82, 2.24) is 24.6 Å². The van der Waals surface area contributed by atoms with Crippen molar-refractivity contribution in [3.05, 3.63) is 22.9 Å². The molecule has 1 fully saturated rings. The van der Waals surface area contributed by atoms with Crippen LogP contribution in [0.15, 0.2) is 17.3 Å². The lowest BCUT2D eigenvalue weighted by atomic mass is 10.2. The van der Waals surface area contributed by atoms with Gasteiger partial charge >= 0.3 is 0 Å². The molecule has 0 radical (unpaired) electrons. The topological polar surface area (TPSA) is 64.7 Å². The largest absolute Gasteiger partial charge is 0.312 e. The fraction of sp³-hybridized carbons (Fsp3) is 0.545. The molecule has 1 saturated heterocycles. The smallest absolute Gasteiger partial charge is 0.264 e. The van der Waals surface area contributed by atoms with E-state index < -0.39 is 0 Å². The first-order valence-electron chi connectivity index (χ1n) is 5.86. The van der Waals surface area contributed by atoms with E-state index in [9.17, 15) is 4.79 Å². The highest BCUT2D eigenvalue weighted by Crippen LogP contribution is 2.08. The van der Waals surface area contributed by atoms with Crippen LogP contribution in [0.2, 0.25) is 0 Å². The van der Waals surface area contributed by atoms with Crippen molar-refractivity contribution in [3.63, 3.8) is 0 Å². The maximum atomic E-state index is 12.2. The summed E-state index contributed by atoms with van der Waals surface area (Å²) >= 11 is 0. The molecule has 3 rings (SSSR count). The standard InChI is InChI=1S/C11H15N5O/c1-15-10-9(5-14-15)11(17)16(7-13-10)6-8-3-2-4-12-8/h5,7-8,12H,2-4,6H2,1H3/t8-/m0/s1. The zero-order valence-corrected chi connectivity index (χ0v) is 9.76. The van der Waals surface area contributed by atoms with Gasteiger partial charge in [-0.3, -0.25) is 14.0 Å². The number of aromatic nitrogens is 4. The maximum absolute atomic E-state index is 12.2. The zero-order chi connectivity index (χ0) is 11.8. The quantitative estimate of drug-likeness (QED) is 0.785. The molecule has 6 heteroatoms. The highest BCUT2D eigenvalue weighted by Gasteiger charge is 2.16. The third kappa shape index (κ3) is 1.74. The molecule has 2 aromatic heterocycles. The highest BCUT2D eigenvalue weighted by molar-refractivity contribution is 5.72. The fourth-order valence-corrected chi connectivity index (χ4v) is 2.35. The van der Waals surface area contributed by atoms with Gasteiger partial charge in [0.2, 0.25) is 0 Å². The molecule has 1 N–H and O–H groups in total. The summed E-state index contributed by atoms with van der Waals surface area (Å²) in [7, 11) is 1.79. The summed E-state index contributed by atoms with van der Waals surface area (Å²) in [5.41, 5.74) is 0.641. The lowest BCUT2D eigenvalue weighted by Crippen LogP contribution is -2.32. The van der Waals surface area contributed by atoms with Gasteiger partial charge in [-0.2, -0.15) is 5.10 Å². The zero-order valence-electron chi connectivity index (χ0n) is 9.76. The SMILES string of the molecule is Cn1ncc2c(=O)n(C[C@@H]3CCCN3)cnc21. The molecular formula is C11H15N5O. The second kappa shape index (κ2) is 3.96. The van der Waals surface area contributed by atoms with Crippen molar-refractivity contribution in [1.29, 1.82) is 0 Å². The number of fused-ring (bicyclic) bond motifs is 1. The van der Waals surface area contributed by atoms with E-state index in [0.29, 0.717) is 23.6 Å². The first kappa shape index (κ1) is 10.5. The first-order valence-corrected chi connectivity index (χ1v) is 5.86. The lowest BCUT2D eigenvalue weighted by molar-refractivity contribution is 0.497. The Labute approximate surface area is 98.3 Å². The summed E-state index contributed by atoms with van der Waals surface area (Å²) < 4.78 is 3.29. The van der Waals surface area contributed by atoms with Crippen molar-refractivity contribution in [2.45, 2.75) is 25.4 Å². The van der Waals surface area contributed by atoms with Crippen LogP contribution in [0, 0.1) is 0 Å². The van der Waals surface area contributed by atoms with E-state index in [-0.39, 0.29) is 5.56 Å². The van der Waals surface area contributed by atoms with Gasteiger partial charge in [-0.15, -0.1) is 0 Å². The van der Waals surface area contributed by atoms with E-state index >= 15 is 0 Å². The molecule has 90 valence electrons. The Morgan fingerprint density at radius 2 is 2.47 bits per heavy atom. The van der Waals surface area contributed by atoms with E-state index in [4.69, 9.17) is 0 Å². The predicted molar refractivity (Wildman–Crippen MR) is 63.8 cm³/mol. The molecule has 17 heavy (non-hydrogen) atoms. The molecule has 0 bridgehead atoms. The molecule has 6 nitrogen and oxygen atoms in total. The molecule has 1 aliphatic rings. The van der Waals surface area contributed by atoms with Crippen LogP contribution in [-0.2, 0) is 13.6 Å². The van der Waals surface area contributed by atoms with Gasteiger partial charge in [0.1, 0.15) is 11.7 Å². The molecule has 0 spiro atoms. The Kier molecular flexibility index (Phi) is 2.44. The van der Waals surface area contributed by atoms with Gasteiger partial charge < -0.3 is 5.32 Å². The molecule has 0 amide bonds. The third-order valence-electron chi connectivity index (χ3n) is 3.30. The number of hydrogen-bond acceptors (Lipinski definition) is 4. The Balaban J connectivity index is 1.99. The number of aryl methyl sites for hydroxylation is 1. The summed E-state index contributed by atoms with van der Waals surface area (Å²) in [6.45, 7) is 1.73. The summed E-state index contributed by atoms with van der Waals surface area (Å²) in [5, 5.41) is 8.02. The Morgan fingerprint density at radius 3 is 3.24 bits per heavy atom. The van der Waals surface area contributed by atoms with Gasteiger partial charge in [-0.1, -0.05) is 0 Å². The van der Waals surface area contributed by atoms with Crippen LogP contribution in [-0.4, -0.2) is 31.9 Å². The molecule has 1 aliphatic heterocycles. The summed E-state index contributed by atoms with van der Waals surface area (Å²) in [5.74, 6) is 0. The van der Waals surface area contributed by atoms with Gasteiger partial charge in [0.15, 0.2) is 5.65 Å². The minimum atomic E-state index is -0.00296. The van der Waals surface area contributed by atoms with Crippen LogP contribution in [0.4, 0.5) is 0 Å². The minimum Gasteiger partial charge on any atom is -0.312 e. The van der Waals surface area contributed by atoms with E-state index in [2.05, 4.69) is 15.4 Å². The molecule has 0 aliphatic carbocycles. The Morgan fingerprint density at radius 1 is 1.59 bits per heavy atom. The first-order chi connectivity index (χ1) is 8.25. The average molecular weight is 233 g/mol. The number of rotatable bonds is 2. The number of nitrogens with one attached hydrogen (secondary N) is 1. The number of nitrogens with zero attached hydrogens (tertiary/aromatic N) is 4. The van der Waals surface area contributed by atoms with Crippen LogP contribution in [0.25, 0.3) is 11.0 Å². The third-order valence-corrected chi connectivity index (χ3v) is 3.30. The van der Waals surface area contributed by atoms with Gasteiger partial charge in [-0.25, -0.2) is 4.98 Å². The summed E-state index contributed by atoms with van der Waals surface area (Å²) in [6.07, 6.45) is 5.51. The van der Waals surface area contributed by atoms with Gasteiger partial charge in [0.05, 0.1) is 6.20 Å². The van der Waals surface area contributed by atoms with Gasteiger partial charge in [0, 0.05) is 19.6 Å². The van der Waals surface area contributed by atoms with E-state index in [1.165, 1.54) is 6.42 Å². The van der Waals surface area contributed by atoms with Gasteiger partial charge in [-0.05, 0) is 19.4 Å². The van der Waals surface area contributed by atoms with Crippen molar-refractivity contribution >= 4 is 11.0 Å². The minimum absolute atomic E-state index is 0.00296.